The van der Waals surface area contributed by atoms with Crippen LogP contribution in [0.15, 0.2) is 42.5 Å². The molecule has 30 heavy (non-hydrogen) atoms. The minimum atomic E-state index is 0.125. The van der Waals surface area contributed by atoms with E-state index in [0.717, 1.165) is 54.7 Å². The van der Waals surface area contributed by atoms with Crippen LogP contribution in [-0.2, 0) is 11.3 Å². The van der Waals surface area contributed by atoms with E-state index in [-0.39, 0.29) is 5.91 Å². The SMILES string of the molecule is COc1cccc(N2CCN(CC(=O)N(C)Cc3ccc4c(c3)OCCO4)CC2)c1. The molecule has 160 valence electrons. The maximum atomic E-state index is 12.7. The zero-order valence-corrected chi connectivity index (χ0v) is 17.7. The van der Waals surface area contributed by atoms with Crippen LogP contribution in [-0.4, -0.2) is 75.8 Å². The molecule has 2 aliphatic rings. The number of piperazine rings is 1. The molecule has 2 heterocycles. The molecule has 1 saturated heterocycles. The Morgan fingerprint density at radius 1 is 1.03 bits per heavy atom. The van der Waals surface area contributed by atoms with Gasteiger partial charge in [-0.15, -0.1) is 0 Å². The number of nitrogens with zero attached hydrogens (tertiary/aromatic N) is 3. The topological polar surface area (TPSA) is 54.5 Å². The molecule has 1 amide bonds. The number of hydrogen-bond acceptors (Lipinski definition) is 6. The number of likely N-dealkylation sites (N-methyl/N-ethyl adjacent to an activating group) is 1. The predicted molar refractivity (Wildman–Crippen MR) is 116 cm³/mol. The van der Waals surface area contributed by atoms with E-state index in [2.05, 4.69) is 21.9 Å². The first-order valence-corrected chi connectivity index (χ1v) is 10.4. The Labute approximate surface area is 177 Å². The number of methoxy groups -OCH3 is 1. The lowest BCUT2D eigenvalue weighted by atomic mass is 10.2. The van der Waals surface area contributed by atoms with Crippen molar-refractivity contribution in [2.75, 3.05) is 65.0 Å². The third kappa shape index (κ3) is 4.79. The monoisotopic (exact) mass is 411 g/mol. The molecule has 0 aromatic heterocycles. The first-order chi connectivity index (χ1) is 14.6. The van der Waals surface area contributed by atoms with Gasteiger partial charge in [-0.1, -0.05) is 12.1 Å². The van der Waals surface area contributed by atoms with E-state index in [4.69, 9.17) is 14.2 Å². The van der Waals surface area contributed by atoms with Crippen molar-refractivity contribution in [3.8, 4) is 17.2 Å². The van der Waals surface area contributed by atoms with Crippen molar-refractivity contribution in [2.24, 2.45) is 0 Å². The van der Waals surface area contributed by atoms with E-state index in [1.54, 1.807) is 12.0 Å². The summed E-state index contributed by atoms with van der Waals surface area (Å²) in [7, 11) is 3.54. The van der Waals surface area contributed by atoms with E-state index < -0.39 is 0 Å². The molecule has 7 heteroatoms. The van der Waals surface area contributed by atoms with Gasteiger partial charge in [0.05, 0.1) is 13.7 Å². The highest BCUT2D eigenvalue weighted by atomic mass is 16.6. The van der Waals surface area contributed by atoms with Gasteiger partial charge in [0.2, 0.25) is 5.91 Å². The van der Waals surface area contributed by atoms with Gasteiger partial charge in [-0.05, 0) is 29.8 Å². The molecule has 1 fully saturated rings. The summed E-state index contributed by atoms with van der Waals surface area (Å²) in [6.07, 6.45) is 0. The van der Waals surface area contributed by atoms with E-state index >= 15 is 0 Å². The lowest BCUT2D eigenvalue weighted by Crippen LogP contribution is -2.49. The summed E-state index contributed by atoms with van der Waals surface area (Å²) in [5.41, 5.74) is 2.20. The summed E-state index contributed by atoms with van der Waals surface area (Å²) in [5.74, 6) is 2.52. The summed E-state index contributed by atoms with van der Waals surface area (Å²) in [6.45, 7) is 5.65. The van der Waals surface area contributed by atoms with Crippen LogP contribution >= 0.6 is 0 Å². The fraction of sp³-hybridized carbons (Fsp3) is 0.435. The standard InChI is InChI=1S/C23H29N3O4/c1-24(16-18-6-7-21-22(14-18)30-13-12-29-21)23(27)17-25-8-10-26(11-9-25)19-4-3-5-20(15-19)28-2/h3-7,14-15H,8-13,16-17H2,1-2H3. The fourth-order valence-electron chi connectivity index (χ4n) is 3.83. The van der Waals surface area contributed by atoms with E-state index in [0.29, 0.717) is 26.3 Å². The van der Waals surface area contributed by atoms with Gasteiger partial charge in [-0.2, -0.15) is 0 Å². The molecule has 0 unspecified atom stereocenters. The molecule has 7 nitrogen and oxygen atoms in total. The third-order valence-electron chi connectivity index (χ3n) is 5.60. The Balaban J connectivity index is 1.27. The Morgan fingerprint density at radius 3 is 2.57 bits per heavy atom. The summed E-state index contributed by atoms with van der Waals surface area (Å²) < 4.78 is 16.5. The summed E-state index contributed by atoms with van der Waals surface area (Å²) in [4.78, 5) is 19.1. The molecule has 0 radical (unpaired) electrons. The highest BCUT2D eigenvalue weighted by Crippen LogP contribution is 2.31. The molecule has 0 N–H and O–H groups in total. The van der Waals surface area contributed by atoms with Crippen molar-refractivity contribution in [1.29, 1.82) is 0 Å². The van der Waals surface area contributed by atoms with Crippen molar-refractivity contribution >= 4 is 11.6 Å². The van der Waals surface area contributed by atoms with Crippen LogP contribution in [0.1, 0.15) is 5.56 Å². The molecule has 2 aliphatic heterocycles. The number of benzene rings is 2. The molecular formula is C23H29N3O4. The predicted octanol–water partition coefficient (Wildman–Crippen LogP) is 2.25. The van der Waals surface area contributed by atoms with Gasteiger partial charge in [-0.3, -0.25) is 9.69 Å². The molecular weight excluding hydrogens is 382 g/mol. The highest BCUT2D eigenvalue weighted by molar-refractivity contribution is 5.78. The Kier molecular flexibility index (Phi) is 6.28. The number of rotatable bonds is 6. The molecule has 0 spiro atoms. The highest BCUT2D eigenvalue weighted by Gasteiger charge is 2.21. The lowest BCUT2D eigenvalue weighted by Gasteiger charge is -2.36. The van der Waals surface area contributed by atoms with Crippen molar-refractivity contribution < 1.29 is 19.0 Å². The van der Waals surface area contributed by atoms with Crippen molar-refractivity contribution in [3.05, 3.63) is 48.0 Å². The average Bonchev–Trinajstić information content (AvgIpc) is 2.79. The van der Waals surface area contributed by atoms with Gasteiger partial charge in [0, 0.05) is 51.5 Å². The molecule has 2 aromatic carbocycles. The Bertz CT molecular complexity index is 881. The third-order valence-corrected chi connectivity index (χ3v) is 5.60. The van der Waals surface area contributed by atoms with Crippen molar-refractivity contribution in [1.82, 2.24) is 9.80 Å². The van der Waals surface area contributed by atoms with Crippen LogP contribution in [0, 0.1) is 0 Å². The molecule has 0 aliphatic carbocycles. The van der Waals surface area contributed by atoms with E-state index in [9.17, 15) is 4.79 Å². The number of carbonyl (C=O) groups is 1. The smallest absolute Gasteiger partial charge is 0.236 e. The molecule has 2 aromatic rings. The van der Waals surface area contributed by atoms with Crippen LogP contribution in [0.5, 0.6) is 17.2 Å². The lowest BCUT2D eigenvalue weighted by molar-refractivity contribution is -0.131. The van der Waals surface area contributed by atoms with E-state index in [1.165, 1.54) is 0 Å². The second-order valence-corrected chi connectivity index (χ2v) is 7.69. The second kappa shape index (κ2) is 9.26. The van der Waals surface area contributed by atoms with Crippen LogP contribution in [0.4, 0.5) is 5.69 Å². The fourth-order valence-corrected chi connectivity index (χ4v) is 3.83. The van der Waals surface area contributed by atoms with Gasteiger partial charge >= 0.3 is 0 Å². The number of hydrogen-bond donors (Lipinski definition) is 0. The summed E-state index contributed by atoms with van der Waals surface area (Å²) in [5, 5.41) is 0. The normalized spacial score (nSPS) is 16.3. The number of carbonyl (C=O) groups excluding carboxylic acids is 1. The number of anilines is 1. The average molecular weight is 412 g/mol. The summed E-state index contributed by atoms with van der Waals surface area (Å²) in [6, 6.07) is 14.0. The van der Waals surface area contributed by atoms with Gasteiger partial charge in [0.15, 0.2) is 11.5 Å². The molecule has 0 atom stereocenters. The van der Waals surface area contributed by atoms with Crippen molar-refractivity contribution in [3.63, 3.8) is 0 Å². The van der Waals surface area contributed by atoms with Crippen LogP contribution in [0.3, 0.4) is 0 Å². The molecule has 0 bridgehead atoms. The maximum absolute atomic E-state index is 12.7. The minimum absolute atomic E-state index is 0.125. The first kappa shape index (κ1) is 20.3. The van der Waals surface area contributed by atoms with Gasteiger partial charge < -0.3 is 24.0 Å². The minimum Gasteiger partial charge on any atom is -0.497 e. The number of amides is 1. The Morgan fingerprint density at radius 2 is 1.80 bits per heavy atom. The van der Waals surface area contributed by atoms with Crippen molar-refractivity contribution in [2.45, 2.75) is 6.54 Å². The van der Waals surface area contributed by atoms with Crippen LogP contribution < -0.4 is 19.1 Å². The number of fused-ring (bicyclic) bond motifs is 1. The van der Waals surface area contributed by atoms with E-state index in [1.807, 2.05) is 37.4 Å². The second-order valence-electron chi connectivity index (χ2n) is 7.69. The molecule has 4 rings (SSSR count). The van der Waals surface area contributed by atoms with Gasteiger partial charge in [0.1, 0.15) is 19.0 Å². The first-order valence-electron chi connectivity index (χ1n) is 10.4. The number of ether oxygens (including phenoxy) is 3. The Hall–Kier alpha value is -2.93. The zero-order chi connectivity index (χ0) is 20.9. The summed E-state index contributed by atoms with van der Waals surface area (Å²) >= 11 is 0. The van der Waals surface area contributed by atoms with Crippen LogP contribution in [0.2, 0.25) is 0 Å². The van der Waals surface area contributed by atoms with Gasteiger partial charge in [-0.25, -0.2) is 0 Å². The van der Waals surface area contributed by atoms with Crippen LogP contribution in [0.25, 0.3) is 0 Å². The zero-order valence-electron chi connectivity index (χ0n) is 17.7. The maximum Gasteiger partial charge on any atom is 0.236 e. The van der Waals surface area contributed by atoms with Gasteiger partial charge in [0.25, 0.3) is 0 Å². The molecule has 0 saturated carbocycles. The largest absolute Gasteiger partial charge is 0.497 e. The quantitative estimate of drug-likeness (QED) is 0.727.